The van der Waals surface area contributed by atoms with Crippen LogP contribution in [0, 0.1) is 23.5 Å². The minimum absolute atomic E-state index is 0.115. The predicted molar refractivity (Wildman–Crippen MR) is 93.6 cm³/mol. The smallest absolute Gasteiger partial charge is 0.274 e. The van der Waals surface area contributed by atoms with Crippen LogP contribution in [0.3, 0.4) is 0 Å². The van der Waals surface area contributed by atoms with Crippen LogP contribution in [0.1, 0.15) is 41.0 Å². The van der Waals surface area contributed by atoms with Crippen molar-refractivity contribution in [3.05, 3.63) is 46.8 Å². The highest BCUT2D eigenvalue weighted by atomic mass is 19.2. The van der Waals surface area contributed by atoms with Crippen molar-refractivity contribution >= 4 is 5.91 Å². The third-order valence-corrected chi connectivity index (χ3v) is 6.39. The molecular formula is C20H21F2N3O2. The van der Waals surface area contributed by atoms with Crippen LogP contribution in [0.5, 0.6) is 0 Å². The first-order valence-electron chi connectivity index (χ1n) is 9.56. The van der Waals surface area contributed by atoms with Crippen LogP contribution >= 0.6 is 0 Å². The van der Waals surface area contributed by atoms with Gasteiger partial charge in [0.15, 0.2) is 17.3 Å². The van der Waals surface area contributed by atoms with E-state index in [1.807, 2.05) is 0 Å². The Morgan fingerprint density at radius 1 is 1.15 bits per heavy atom. The molecule has 1 amide bonds. The van der Waals surface area contributed by atoms with Gasteiger partial charge in [-0.2, -0.15) is 5.10 Å². The zero-order valence-electron chi connectivity index (χ0n) is 14.9. The molecule has 3 atom stereocenters. The number of carbonyl (C=O) groups excluding carboxylic acids is 1. The number of rotatable bonds is 2. The number of hydrogen-bond acceptors (Lipinski definition) is 3. The highest BCUT2D eigenvalue weighted by molar-refractivity contribution is 5.94. The Hall–Kier alpha value is -2.28. The van der Waals surface area contributed by atoms with Crippen molar-refractivity contribution in [2.45, 2.75) is 38.2 Å². The van der Waals surface area contributed by atoms with Crippen LogP contribution in [-0.4, -0.2) is 44.9 Å². The second kappa shape index (κ2) is 6.12. The van der Waals surface area contributed by atoms with Gasteiger partial charge < -0.3 is 10.0 Å². The van der Waals surface area contributed by atoms with Crippen LogP contribution in [0.4, 0.5) is 8.78 Å². The van der Waals surface area contributed by atoms with E-state index >= 15 is 0 Å². The van der Waals surface area contributed by atoms with Gasteiger partial charge in [-0.3, -0.25) is 4.79 Å². The largest absolute Gasteiger partial charge is 0.393 e. The molecule has 2 fully saturated rings. The van der Waals surface area contributed by atoms with Gasteiger partial charge in [-0.1, -0.05) is 0 Å². The van der Waals surface area contributed by atoms with E-state index < -0.39 is 11.6 Å². The second-order valence-corrected chi connectivity index (χ2v) is 7.92. The molecule has 1 aromatic heterocycles. The van der Waals surface area contributed by atoms with Gasteiger partial charge in [0.2, 0.25) is 0 Å². The standard InChI is InChI=1S/C20H21F2N3O2/c21-15-6-5-12(8-16(15)22)25-17-3-1-2-13(17)19(23-25)20(27)24-9-11-4-7-18(26)14(11)10-24/h5-6,8,11,14,18,26H,1-4,7,9-10H2. The van der Waals surface area contributed by atoms with Gasteiger partial charge in [-0.05, 0) is 50.2 Å². The lowest BCUT2D eigenvalue weighted by molar-refractivity contribution is 0.0745. The molecule has 5 rings (SSSR count). The summed E-state index contributed by atoms with van der Waals surface area (Å²) in [6.07, 6.45) is 3.90. The molecule has 27 heavy (non-hydrogen) atoms. The molecule has 1 aliphatic heterocycles. The number of aromatic nitrogens is 2. The Kier molecular flexibility index (Phi) is 3.82. The van der Waals surface area contributed by atoms with Gasteiger partial charge in [0, 0.05) is 36.3 Å². The number of carbonyl (C=O) groups is 1. The highest BCUT2D eigenvalue weighted by Crippen LogP contribution is 2.39. The number of likely N-dealkylation sites (tertiary alicyclic amines) is 1. The molecule has 5 nitrogen and oxygen atoms in total. The second-order valence-electron chi connectivity index (χ2n) is 7.92. The van der Waals surface area contributed by atoms with Crippen molar-refractivity contribution in [3.63, 3.8) is 0 Å². The fraction of sp³-hybridized carbons (Fsp3) is 0.500. The summed E-state index contributed by atoms with van der Waals surface area (Å²) in [7, 11) is 0. The van der Waals surface area contributed by atoms with Crippen molar-refractivity contribution in [1.82, 2.24) is 14.7 Å². The summed E-state index contributed by atoms with van der Waals surface area (Å²) in [6, 6.07) is 3.68. The first-order chi connectivity index (χ1) is 13.0. The van der Waals surface area contributed by atoms with E-state index in [-0.39, 0.29) is 17.9 Å². The zero-order valence-corrected chi connectivity index (χ0v) is 14.9. The number of hydrogen-bond donors (Lipinski definition) is 1. The lowest BCUT2D eigenvalue weighted by Crippen LogP contribution is -2.32. The van der Waals surface area contributed by atoms with Crippen molar-refractivity contribution in [2.75, 3.05) is 13.1 Å². The molecule has 1 saturated heterocycles. The van der Waals surface area contributed by atoms with Gasteiger partial charge in [0.05, 0.1) is 11.8 Å². The Bertz CT molecular complexity index is 926. The molecule has 7 heteroatoms. The normalized spacial score (nSPS) is 26.5. The minimum atomic E-state index is -0.927. The van der Waals surface area contributed by atoms with Crippen LogP contribution < -0.4 is 0 Å². The van der Waals surface area contributed by atoms with Crippen molar-refractivity contribution in [2.24, 2.45) is 11.8 Å². The number of benzene rings is 1. The summed E-state index contributed by atoms with van der Waals surface area (Å²) >= 11 is 0. The molecule has 0 spiro atoms. The maximum atomic E-state index is 13.7. The van der Waals surface area contributed by atoms with Gasteiger partial charge >= 0.3 is 0 Å². The highest BCUT2D eigenvalue weighted by Gasteiger charge is 2.44. The Labute approximate surface area is 155 Å². The molecule has 0 radical (unpaired) electrons. The minimum Gasteiger partial charge on any atom is -0.393 e. The van der Waals surface area contributed by atoms with Gasteiger partial charge in [-0.15, -0.1) is 0 Å². The molecule has 3 aliphatic rings. The summed E-state index contributed by atoms with van der Waals surface area (Å²) in [6.45, 7) is 1.23. The SMILES string of the molecule is O=C(c1nn(-c2ccc(F)c(F)c2)c2c1CCC2)N1CC2CCC(O)C2C1. The quantitative estimate of drug-likeness (QED) is 0.880. The zero-order chi connectivity index (χ0) is 18.7. The number of nitrogens with zero attached hydrogens (tertiary/aromatic N) is 3. The summed E-state index contributed by atoms with van der Waals surface area (Å²) in [5, 5.41) is 14.6. The average Bonchev–Trinajstić information content (AvgIpc) is 3.39. The van der Waals surface area contributed by atoms with E-state index in [2.05, 4.69) is 5.10 Å². The van der Waals surface area contributed by atoms with Crippen molar-refractivity contribution in [1.29, 1.82) is 0 Å². The molecule has 1 aromatic carbocycles. The molecule has 1 saturated carbocycles. The van der Waals surface area contributed by atoms with Gasteiger partial charge in [0.25, 0.3) is 5.91 Å². The first-order valence-corrected chi connectivity index (χ1v) is 9.56. The number of aliphatic hydroxyl groups excluding tert-OH is 1. The molecular weight excluding hydrogens is 352 g/mol. The van der Waals surface area contributed by atoms with Crippen LogP contribution in [0.15, 0.2) is 18.2 Å². The van der Waals surface area contributed by atoms with Gasteiger partial charge in [-0.25, -0.2) is 13.5 Å². The Balaban J connectivity index is 1.49. The van der Waals surface area contributed by atoms with Crippen LogP contribution in [0.2, 0.25) is 0 Å². The Morgan fingerprint density at radius 3 is 2.78 bits per heavy atom. The van der Waals surface area contributed by atoms with E-state index in [0.717, 1.165) is 55.5 Å². The summed E-state index contributed by atoms with van der Waals surface area (Å²) in [4.78, 5) is 14.9. The van der Waals surface area contributed by atoms with Crippen molar-refractivity contribution in [3.8, 4) is 5.69 Å². The molecule has 3 unspecified atom stereocenters. The fourth-order valence-corrected chi connectivity index (χ4v) is 4.99. The monoisotopic (exact) mass is 373 g/mol. The first kappa shape index (κ1) is 16.9. The Morgan fingerprint density at radius 2 is 2.00 bits per heavy atom. The predicted octanol–water partition coefficient (Wildman–Crippen LogP) is 2.48. The van der Waals surface area contributed by atoms with Crippen LogP contribution in [-0.2, 0) is 12.8 Å². The molecule has 0 bridgehead atoms. The third kappa shape index (κ3) is 2.59. The van der Waals surface area contributed by atoms with Crippen LogP contribution in [0.25, 0.3) is 5.69 Å². The maximum absolute atomic E-state index is 13.7. The summed E-state index contributed by atoms with van der Waals surface area (Å²) < 4.78 is 28.6. The fourth-order valence-electron chi connectivity index (χ4n) is 4.99. The third-order valence-electron chi connectivity index (χ3n) is 6.39. The molecule has 1 N–H and O–H groups in total. The van der Waals surface area contributed by atoms with E-state index in [1.54, 1.807) is 9.58 Å². The molecule has 2 aromatic rings. The number of amides is 1. The van der Waals surface area contributed by atoms with E-state index in [9.17, 15) is 18.7 Å². The van der Waals surface area contributed by atoms with Gasteiger partial charge in [0.1, 0.15) is 0 Å². The number of aliphatic hydroxyl groups is 1. The number of halogens is 2. The lowest BCUT2D eigenvalue weighted by Gasteiger charge is -2.17. The molecule has 2 heterocycles. The topological polar surface area (TPSA) is 58.4 Å². The molecule has 2 aliphatic carbocycles. The summed E-state index contributed by atoms with van der Waals surface area (Å²) in [5.41, 5.74) is 2.67. The average molecular weight is 373 g/mol. The van der Waals surface area contributed by atoms with Crippen molar-refractivity contribution < 1.29 is 18.7 Å². The van der Waals surface area contributed by atoms with E-state index in [4.69, 9.17) is 0 Å². The maximum Gasteiger partial charge on any atom is 0.274 e. The van der Waals surface area contributed by atoms with E-state index in [1.165, 1.54) is 6.07 Å². The number of fused-ring (bicyclic) bond motifs is 2. The van der Waals surface area contributed by atoms with E-state index in [0.29, 0.717) is 30.4 Å². The lowest BCUT2D eigenvalue weighted by atomic mass is 10.00. The molecule has 142 valence electrons. The summed E-state index contributed by atoms with van der Waals surface area (Å²) in [5.74, 6) is -1.42.